The van der Waals surface area contributed by atoms with Crippen LogP contribution in [0.1, 0.15) is 27.2 Å². The fourth-order valence-electron chi connectivity index (χ4n) is 0.837. The fraction of sp³-hybridized carbons (Fsp3) is 0.900. The Kier molecular flexibility index (Phi) is 6.28. The van der Waals surface area contributed by atoms with Crippen LogP contribution in [0, 0.1) is 5.92 Å². The number of ether oxygens (including phenoxy) is 1. The van der Waals surface area contributed by atoms with E-state index in [4.69, 9.17) is 10.5 Å². The molecule has 0 bridgehead atoms. The third-order valence-corrected chi connectivity index (χ3v) is 1.77. The average molecular weight is 202 g/mol. The second-order valence-corrected chi connectivity index (χ2v) is 4.16. The first-order chi connectivity index (χ1) is 6.43. The van der Waals surface area contributed by atoms with E-state index in [2.05, 4.69) is 0 Å². The second kappa shape index (κ2) is 6.65. The van der Waals surface area contributed by atoms with Crippen LogP contribution in [0.4, 0.5) is 4.79 Å². The molecule has 0 spiro atoms. The summed E-state index contributed by atoms with van der Waals surface area (Å²) in [6.45, 7) is 7.06. The summed E-state index contributed by atoms with van der Waals surface area (Å²) in [5.41, 5.74) is 5.58. The molecule has 1 amide bonds. The van der Waals surface area contributed by atoms with E-state index in [1.165, 1.54) is 0 Å². The molecule has 0 aromatic rings. The van der Waals surface area contributed by atoms with Crippen molar-refractivity contribution in [1.29, 1.82) is 0 Å². The van der Waals surface area contributed by atoms with Gasteiger partial charge in [-0.15, -0.1) is 0 Å². The molecule has 1 unspecified atom stereocenters. The number of rotatable bonds is 5. The Balaban J connectivity index is 3.65. The fourth-order valence-corrected chi connectivity index (χ4v) is 0.837. The highest BCUT2D eigenvalue weighted by molar-refractivity contribution is 5.67. The van der Waals surface area contributed by atoms with Crippen LogP contribution in [0.2, 0.25) is 0 Å². The van der Waals surface area contributed by atoms with Gasteiger partial charge >= 0.3 is 6.09 Å². The Morgan fingerprint density at radius 2 is 2.00 bits per heavy atom. The summed E-state index contributed by atoms with van der Waals surface area (Å²) < 4.78 is 5.04. The number of carbonyl (C=O) groups excluding carboxylic acids is 1. The van der Waals surface area contributed by atoms with E-state index in [-0.39, 0.29) is 12.1 Å². The van der Waals surface area contributed by atoms with Crippen LogP contribution in [0.25, 0.3) is 0 Å². The highest BCUT2D eigenvalue weighted by atomic mass is 16.6. The first-order valence-corrected chi connectivity index (χ1v) is 5.07. The second-order valence-electron chi connectivity index (χ2n) is 4.16. The summed E-state index contributed by atoms with van der Waals surface area (Å²) in [7, 11) is 1.73. The number of nitrogens with zero attached hydrogens (tertiary/aromatic N) is 1. The average Bonchev–Trinajstić information content (AvgIpc) is 2.09. The minimum absolute atomic E-state index is 0.121. The maximum atomic E-state index is 11.3. The summed E-state index contributed by atoms with van der Waals surface area (Å²) in [6.07, 6.45) is 0.534. The van der Waals surface area contributed by atoms with Crippen LogP contribution >= 0.6 is 0 Å². The van der Waals surface area contributed by atoms with E-state index in [1.807, 2.05) is 20.8 Å². The van der Waals surface area contributed by atoms with Crippen LogP contribution in [0.5, 0.6) is 0 Å². The van der Waals surface area contributed by atoms with Gasteiger partial charge in [0.15, 0.2) is 0 Å². The van der Waals surface area contributed by atoms with E-state index in [1.54, 1.807) is 11.9 Å². The molecule has 0 aliphatic heterocycles. The van der Waals surface area contributed by atoms with Crippen molar-refractivity contribution in [3.05, 3.63) is 0 Å². The van der Waals surface area contributed by atoms with Gasteiger partial charge in [-0.2, -0.15) is 0 Å². The number of hydrogen-bond donors (Lipinski definition) is 1. The zero-order valence-corrected chi connectivity index (χ0v) is 9.62. The Hall–Kier alpha value is -0.770. The predicted octanol–water partition coefficient (Wildman–Crippen LogP) is 1.45. The van der Waals surface area contributed by atoms with Gasteiger partial charge in [0.05, 0.1) is 6.61 Å². The van der Waals surface area contributed by atoms with Crippen molar-refractivity contribution in [1.82, 2.24) is 4.90 Å². The lowest BCUT2D eigenvalue weighted by atomic mass is 10.2. The van der Waals surface area contributed by atoms with Gasteiger partial charge in [-0.25, -0.2) is 4.79 Å². The molecule has 0 aliphatic rings. The first kappa shape index (κ1) is 13.2. The highest BCUT2D eigenvalue weighted by Gasteiger charge is 2.10. The number of nitrogens with two attached hydrogens (primary N) is 1. The SMILES string of the molecule is CC(C)COC(=O)N(C)CCC(C)N. The van der Waals surface area contributed by atoms with Crippen molar-refractivity contribution >= 4 is 6.09 Å². The van der Waals surface area contributed by atoms with Crippen molar-refractivity contribution in [3.63, 3.8) is 0 Å². The molecular formula is C10H22N2O2. The van der Waals surface area contributed by atoms with E-state index >= 15 is 0 Å². The molecule has 14 heavy (non-hydrogen) atoms. The van der Waals surface area contributed by atoms with Crippen molar-refractivity contribution in [2.75, 3.05) is 20.2 Å². The third-order valence-electron chi connectivity index (χ3n) is 1.77. The minimum atomic E-state index is -0.264. The quantitative estimate of drug-likeness (QED) is 0.734. The van der Waals surface area contributed by atoms with Gasteiger partial charge in [-0.05, 0) is 19.3 Å². The molecule has 0 aromatic carbocycles. The molecule has 0 rings (SSSR count). The van der Waals surface area contributed by atoms with Crippen LogP contribution in [0.15, 0.2) is 0 Å². The van der Waals surface area contributed by atoms with Gasteiger partial charge in [0.2, 0.25) is 0 Å². The molecule has 0 fully saturated rings. The molecule has 0 heterocycles. The summed E-state index contributed by atoms with van der Waals surface area (Å²) >= 11 is 0. The van der Waals surface area contributed by atoms with E-state index < -0.39 is 0 Å². The minimum Gasteiger partial charge on any atom is -0.449 e. The molecule has 0 aliphatic carbocycles. The van der Waals surface area contributed by atoms with Gasteiger partial charge in [0.25, 0.3) is 0 Å². The summed E-state index contributed by atoms with van der Waals surface area (Å²) in [6, 6.07) is 0.121. The van der Waals surface area contributed by atoms with E-state index in [0.717, 1.165) is 6.42 Å². The lowest BCUT2D eigenvalue weighted by Crippen LogP contribution is -2.32. The number of carbonyl (C=O) groups is 1. The lowest BCUT2D eigenvalue weighted by Gasteiger charge is -2.18. The standard InChI is InChI=1S/C10H22N2O2/c1-8(2)7-14-10(13)12(4)6-5-9(3)11/h8-9H,5-7,11H2,1-4H3. The molecule has 4 nitrogen and oxygen atoms in total. The number of amides is 1. The highest BCUT2D eigenvalue weighted by Crippen LogP contribution is 1.98. The van der Waals surface area contributed by atoms with Gasteiger partial charge in [-0.1, -0.05) is 13.8 Å². The van der Waals surface area contributed by atoms with Crippen molar-refractivity contribution in [2.45, 2.75) is 33.2 Å². The Morgan fingerprint density at radius 3 is 2.43 bits per heavy atom. The van der Waals surface area contributed by atoms with Crippen molar-refractivity contribution in [2.24, 2.45) is 11.7 Å². The summed E-state index contributed by atoms with van der Waals surface area (Å²) in [5.74, 6) is 0.376. The van der Waals surface area contributed by atoms with Gasteiger partial charge in [0.1, 0.15) is 0 Å². The molecule has 84 valence electrons. The van der Waals surface area contributed by atoms with E-state index in [0.29, 0.717) is 19.1 Å². The van der Waals surface area contributed by atoms with Crippen molar-refractivity contribution < 1.29 is 9.53 Å². The zero-order chi connectivity index (χ0) is 11.1. The monoisotopic (exact) mass is 202 g/mol. The largest absolute Gasteiger partial charge is 0.449 e. The normalized spacial score (nSPS) is 12.7. The Labute approximate surface area is 86.4 Å². The zero-order valence-electron chi connectivity index (χ0n) is 9.62. The maximum absolute atomic E-state index is 11.3. The Bertz CT molecular complexity index is 170. The van der Waals surface area contributed by atoms with Gasteiger partial charge in [-0.3, -0.25) is 0 Å². The molecule has 0 saturated heterocycles. The first-order valence-electron chi connectivity index (χ1n) is 5.07. The van der Waals surface area contributed by atoms with Crippen LogP contribution < -0.4 is 5.73 Å². The molecule has 0 aromatic heterocycles. The van der Waals surface area contributed by atoms with Crippen LogP contribution in [0.3, 0.4) is 0 Å². The molecule has 0 saturated carbocycles. The van der Waals surface area contributed by atoms with E-state index in [9.17, 15) is 4.79 Å². The Morgan fingerprint density at radius 1 is 1.43 bits per heavy atom. The molecule has 2 N–H and O–H groups in total. The van der Waals surface area contributed by atoms with Gasteiger partial charge < -0.3 is 15.4 Å². The molecule has 0 radical (unpaired) electrons. The predicted molar refractivity (Wildman–Crippen MR) is 57.1 cm³/mol. The van der Waals surface area contributed by atoms with Gasteiger partial charge in [0, 0.05) is 19.6 Å². The van der Waals surface area contributed by atoms with Crippen molar-refractivity contribution in [3.8, 4) is 0 Å². The topological polar surface area (TPSA) is 55.6 Å². The third kappa shape index (κ3) is 6.71. The number of hydrogen-bond acceptors (Lipinski definition) is 3. The summed E-state index contributed by atoms with van der Waals surface area (Å²) in [5, 5.41) is 0. The lowest BCUT2D eigenvalue weighted by molar-refractivity contribution is 0.0992. The smallest absolute Gasteiger partial charge is 0.409 e. The molecule has 4 heteroatoms. The summed E-state index contributed by atoms with van der Waals surface area (Å²) in [4.78, 5) is 12.9. The molecular weight excluding hydrogens is 180 g/mol. The maximum Gasteiger partial charge on any atom is 0.409 e. The van der Waals surface area contributed by atoms with Crippen LogP contribution in [-0.4, -0.2) is 37.2 Å². The van der Waals surface area contributed by atoms with Crippen LogP contribution in [-0.2, 0) is 4.74 Å². The molecule has 1 atom stereocenters.